The van der Waals surface area contributed by atoms with Crippen LogP contribution in [0.2, 0.25) is 0 Å². The number of nitrogens with zero attached hydrogens (tertiary/aromatic N) is 3. The fraction of sp³-hybridized carbons (Fsp3) is 0.320. The fourth-order valence-electron chi connectivity index (χ4n) is 4.35. The lowest BCUT2D eigenvalue weighted by Gasteiger charge is -2.36. The third kappa shape index (κ3) is 4.41. The van der Waals surface area contributed by atoms with Crippen LogP contribution in [-0.4, -0.2) is 46.6 Å². The lowest BCUT2D eigenvalue weighted by Crippen LogP contribution is -2.48. The van der Waals surface area contributed by atoms with E-state index in [0.717, 1.165) is 46.7 Å². The molecule has 0 spiro atoms. The van der Waals surface area contributed by atoms with E-state index in [0.29, 0.717) is 18.3 Å². The van der Waals surface area contributed by atoms with Gasteiger partial charge in [0, 0.05) is 22.8 Å². The molecule has 2 aliphatic rings. The molecular weight excluding hydrogens is 436 g/mol. The summed E-state index contributed by atoms with van der Waals surface area (Å²) in [7, 11) is 0. The lowest BCUT2D eigenvalue weighted by atomic mass is 9.94. The van der Waals surface area contributed by atoms with Gasteiger partial charge in [-0.3, -0.25) is 4.90 Å². The van der Waals surface area contributed by atoms with E-state index in [-0.39, 0.29) is 12.1 Å². The summed E-state index contributed by atoms with van der Waals surface area (Å²) in [6.45, 7) is 3.18. The van der Waals surface area contributed by atoms with Gasteiger partial charge in [-0.1, -0.05) is 47.6 Å². The Labute approximate surface area is 197 Å². The van der Waals surface area contributed by atoms with Crippen molar-refractivity contribution in [3.63, 3.8) is 0 Å². The summed E-state index contributed by atoms with van der Waals surface area (Å²) in [4.78, 5) is 20.8. The summed E-state index contributed by atoms with van der Waals surface area (Å²) >= 11 is 1.68. The first-order valence-electron chi connectivity index (χ1n) is 11.1. The molecule has 1 aromatic heterocycles. The highest BCUT2D eigenvalue weighted by molar-refractivity contribution is 7.98. The molecule has 1 fully saturated rings. The molecule has 7 nitrogen and oxygen atoms in total. The van der Waals surface area contributed by atoms with Gasteiger partial charge in [-0.05, 0) is 43.7 Å². The SMILES string of the molecule is CSc1ccc(C2NC(=O)N(CC3CCCO3)C(C)=C2c2nc(-c3ccccc3)no2)cc1. The molecule has 0 saturated carbocycles. The number of amides is 2. The van der Waals surface area contributed by atoms with Gasteiger partial charge >= 0.3 is 6.03 Å². The van der Waals surface area contributed by atoms with E-state index in [1.165, 1.54) is 0 Å². The predicted octanol–water partition coefficient (Wildman–Crippen LogP) is 5.14. The molecule has 2 atom stereocenters. The van der Waals surface area contributed by atoms with Crippen LogP contribution in [0.15, 0.2) is 69.7 Å². The number of carbonyl (C=O) groups is 1. The van der Waals surface area contributed by atoms with Crippen LogP contribution in [0.1, 0.15) is 37.3 Å². The van der Waals surface area contributed by atoms with Crippen LogP contribution in [0.5, 0.6) is 0 Å². The zero-order valence-corrected chi connectivity index (χ0v) is 19.5. The van der Waals surface area contributed by atoms with Crippen LogP contribution in [0.25, 0.3) is 17.0 Å². The van der Waals surface area contributed by atoms with Gasteiger partial charge in [0.2, 0.25) is 5.82 Å². The third-order valence-corrected chi connectivity index (χ3v) is 6.89. The van der Waals surface area contributed by atoms with Crippen LogP contribution < -0.4 is 5.32 Å². The fourth-order valence-corrected chi connectivity index (χ4v) is 4.76. The summed E-state index contributed by atoms with van der Waals surface area (Å²) in [5, 5.41) is 7.38. The minimum Gasteiger partial charge on any atom is -0.376 e. The number of aromatic nitrogens is 2. The average molecular weight is 463 g/mol. The summed E-state index contributed by atoms with van der Waals surface area (Å²) in [6.07, 6.45) is 4.04. The highest BCUT2D eigenvalue weighted by Gasteiger charge is 2.37. The van der Waals surface area contributed by atoms with Crippen LogP contribution in [0.3, 0.4) is 0 Å². The molecule has 5 rings (SSSR count). The summed E-state index contributed by atoms with van der Waals surface area (Å²) < 4.78 is 11.5. The van der Waals surface area contributed by atoms with Gasteiger partial charge in [-0.2, -0.15) is 4.98 Å². The van der Waals surface area contributed by atoms with E-state index in [1.54, 1.807) is 16.7 Å². The van der Waals surface area contributed by atoms with E-state index in [1.807, 2.05) is 55.6 Å². The maximum Gasteiger partial charge on any atom is 0.322 e. The molecule has 0 bridgehead atoms. The summed E-state index contributed by atoms with van der Waals surface area (Å²) in [5.74, 6) is 0.924. The molecule has 170 valence electrons. The Morgan fingerprint density at radius 1 is 1.15 bits per heavy atom. The van der Waals surface area contributed by atoms with Crippen molar-refractivity contribution in [2.45, 2.75) is 36.8 Å². The van der Waals surface area contributed by atoms with Crippen molar-refractivity contribution in [1.29, 1.82) is 0 Å². The van der Waals surface area contributed by atoms with Crippen LogP contribution >= 0.6 is 11.8 Å². The van der Waals surface area contributed by atoms with E-state index in [9.17, 15) is 4.79 Å². The summed E-state index contributed by atoms with van der Waals surface area (Å²) in [5.41, 5.74) is 3.45. The normalized spacial score (nSPS) is 20.9. The number of nitrogens with one attached hydrogen (secondary N) is 1. The zero-order chi connectivity index (χ0) is 22.8. The predicted molar refractivity (Wildman–Crippen MR) is 128 cm³/mol. The molecule has 3 aromatic rings. The smallest absolute Gasteiger partial charge is 0.322 e. The Kier molecular flexibility index (Phi) is 6.20. The number of allylic oxidation sites excluding steroid dienone is 1. The number of hydrogen-bond acceptors (Lipinski definition) is 6. The van der Waals surface area contributed by atoms with Gasteiger partial charge < -0.3 is 14.6 Å². The highest BCUT2D eigenvalue weighted by Crippen LogP contribution is 2.38. The molecule has 1 N–H and O–H groups in total. The molecule has 2 aliphatic heterocycles. The number of benzene rings is 2. The maximum atomic E-state index is 13.2. The quantitative estimate of drug-likeness (QED) is 0.511. The first-order chi connectivity index (χ1) is 16.1. The molecule has 2 aromatic carbocycles. The molecule has 2 unspecified atom stereocenters. The van der Waals surface area contributed by atoms with E-state index < -0.39 is 6.04 Å². The topological polar surface area (TPSA) is 80.5 Å². The van der Waals surface area contributed by atoms with Gasteiger partial charge in [0.05, 0.1) is 24.3 Å². The Morgan fingerprint density at radius 3 is 2.64 bits per heavy atom. The maximum absolute atomic E-state index is 13.2. The number of ether oxygens (including phenoxy) is 1. The molecule has 0 aliphatic carbocycles. The summed E-state index contributed by atoms with van der Waals surface area (Å²) in [6, 6.07) is 17.4. The number of rotatable bonds is 6. The largest absolute Gasteiger partial charge is 0.376 e. The molecule has 2 amide bonds. The minimum atomic E-state index is -0.391. The van der Waals surface area contributed by atoms with Crippen LogP contribution in [0.4, 0.5) is 4.79 Å². The van der Waals surface area contributed by atoms with Crippen molar-refractivity contribution in [2.24, 2.45) is 0 Å². The Hall–Kier alpha value is -3.10. The van der Waals surface area contributed by atoms with Gasteiger partial charge in [0.15, 0.2) is 0 Å². The lowest BCUT2D eigenvalue weighted by molar-refractivity contribution is 0.0877. The average Bonchev–Trinajstić information content (AvgIpc) is 3.54. The van der Waals surface area contributed by atoms with E-state index in [2.05, 4.69) is 22.6 Å². The Bertz CT molecular complexity index is 1150. The molecule has 33 heavy (non-hydrogen) atoms. The van der Waals surface area contributed by atoms with Crippen molar-refractivity contribution in [3.8, 4) is 11.4 Å². The van der Waals surface area contributed by atoms with Crippen LogP contribution in [0, 0.1) is 0 Å². The Balaban J connectivity index is 1.56. The second-order valence-corrected chi connectivity index (χ2v) is 9.07. The van der Waals surface area contributed by atoms with Crippen molar-refractivity contribution in [1.82, 2.24) is 20.4 Å². The van der Waals surface area contributed by atoms with Gasteiger partial charge in [-0.15, -0.1) is 11.8 Å². The standard InChI is InChI=1S/C25H26N4O3S/c1-16-21(24-27-23(28-32-24)18-7-4-3-5-8-18)22(17-10-12-20(33-2)13-11-17)26-25(30)29(16)15-19-9-6-14-31-19/h3-5,7-8,10-13,19,22H,6,9,14-15H2,1-2H3,(H,26,30). The molecular formula is C25H26N4O3S. The first kappa shape index (κ1) is 21.7. The molecule has 3 heterocycles. The number of urea groups is 1. The van der Waals surface area contributed by atoms with Crippen molar-refractivity contribution < 1.29 is 14.1 Å². The van der Waals surface area contributed by atoms with Crippen molar-refractivity contribution in [2.75, 3.05) is 19.4 Å². The van der Waals surface area contributed by atoms with Gasteiger partial charge in [0.1, 0.15) is 0 Å². The minimum absolute atomic E-state index is 0.0342. The van der Waals surface area contributed by atoms with E-state index >= 15 is 0 Å². The second-order valence-electron chi connectivity index (χ2n) is 8.19. The Morgan fingerprint density at radius 2 is 1.94 bits per heavy atom. The van der Waals surface area contributed by atoms with Gasteiger partial charge in [-0.25, -0.2) is 4.79 Å². The number of thioether (sulfide) groups is 1. The molecule has 0 radical (unpaired) electrons. The third-order valence-electron chi connectivity index (χ3n) is 6.14. The molecule has 8 heteroatoms. The number of hydrogen-bond donors (Lipinski definition) is 1. The van der Waals surface area contributed by atoms with Gasteiger partial charge in [0.25, 0.3) is 5.89 Å². The highest BCUT2D eigenvalue weighted by atomic mass is 32.2. The van der Waals surface area contributed by atoms with E-state index in [4.69, 9.17) is 14.2 Å². The number of carbonyl (C=O) groups excluding carboxylic acids is 1. The van der Waals surface area contributed by atoms with Crippen LogP contribution in [-0.2, 0) is 4.74 Å². The second kappa shape index (κ2) is 9.41. The molecule has 1 saturated heterocycles. The zero-order valence-electron chi connectivity index (χ0n) is 18.7. The first-order valence-corrected chi connectivity index (χ1v) is 12.3. The van der Waals surface area contributed by atoms with Crippen molar-refractivity contribution >= 4 is 23.4 Å². The monoisotopic (exact) mass is 462 g/mol. The van der Waals surface area contributed by atoms with Crippen molar-refractivity contribution in [3.05, 3.63) is 71.7 Å².